The number of rotatable bonds is 2. The molecule has 35 heavy (non-hydrogen) atoms. The average molecular weight is 491 g/mol. The molecule has 176 valence electrons. The fraction of sp³-hybridized carbons (Fsp3) is 0.192. The van der Waals surface area contributed by atoms with Crippen molar-refractivity contribution in [2.45, 2.75) is 6.04 Å². The number of nitrogens with one attached hydrogen (secondary N) is 1. The van der Waals surface area contributed by atoms with E-state index in [9.17, 15) is 9.59 Å². The molecule has 4 heterocycles. The molecule has 7 nitrogen and oxygen atoms in total. The third-order valence-electron chi connectivity index (χ3n) is 6.74. The highest BCUT2D eigenvalue weighted by Crippen LogP contribution is 2.44. The predicted octanol–water partition coefficient (Wildman–Crippen LogP) is 4.13. The first-order valence-corrected chi connectivity index (χ1v) is 11.6. The van der Waals surface area contributed by atoms with Gasteiger partial charge in [0.15, 0.2) is 5.75 Å². The van der Waals surface area contributed by atoms with Crippen molar-refractivity contribution in [2.75, 3.05) is 31.1 Å². The molecule has 0 spiro atoms. The molecule has 1 amide bonds. The van der Waals surface area contributed by atoms with Gasteiger partial charge in [-0.1, -0.05) is 24.2 Å². The standard InChI is InChI=1S/C26H20ClFN4O3/c1-2-22(33)31-7-8-32-15(12-31)13-35-21-11-30-20-10-16(18(27)9-17(20)25(21)32)24-19(28)4-3-14-5-6-29-26(34)23(14)24/h2-6,9-11,15H,1,7-8,12-13H2,(H,29,34)/t15-/m1/s1. The Morgan fingerprint density at radius 1 is 1.29 bits per heavy atom. The second kappa shape index (κ2) is 8.09. The number of nitrogens with zero attached hydrogens (tertiary/aromatic N) is 3. The highest BCUT2D eigenvalue weighted by atomic mass is 35.5. The van der Waals surface area contributed by atoms with Gasteiger partial charge in [0.2, 0.25) is 5.91 Å². The average Bonchev–Trinajstić information content (AvgIpc) is 2.87. The first-order valence-electron chi connectivity index (χ1n) is 11.2. The minimum atomic E-state index is -0.542. The van der Waals surface area contributed by atoms with E-state index in [1.54, 1.807) is 35.4 Å². The summed E-state index contributed by atoms with van der Waals surface area (Å²) in [5.74, 6) is -0.0107. The summed E-state index contributed by atoms with van der Waals surface area (Å²) in [7, 11) is 0. The van der Waals surface area contributed by atoms with Gasteiger partial charge in [0.25, 0.3) is 5.56 Å². The van der Waals surface area contributed by atoms with Crippen LogP contribution in [0.1, 0.15) is 0 Å². The number of piperazine rings is 1. The van der Waals surface area contributed by atoms with E-state index in [1.807, 2.05) is 0 Å². The van der Waals surface area contributed by atoms with Gasteiger partial charge in [0.1, 0.15) is 12.4 Å². The molecule has 6 rings (SSSR count). The van der Waals surface area contributed by atoms with E-state index in [4.69, 9.17) is 16.3 Å². The number of halogens is 2. The molecule has 2 aliphatic rings. The molecule has 1 N–H and O–H groups in total. The second-order valence-corrected chi connectivity index (χ2v) is 9.07. The minimum Gasteiger partial charge on any atom is -0.488 e. The van der Waals surface area contributed by atoms with Gasteiger partial charge in [0, 0.05) is 47.4 Å². The van der Waals surface area contributed by atoms with Crippen molar-refractivity contribution in [3.63, 3.8) is 0 Å². The third-order valence-corrected chi connectivity index (χ3v) is 7.06. The molecular formula is C26H20ClFN4O3. The SMILES string of the molecule is C=CC(=O)N1CCN2c3c(cnc4cc(-c5c(F)ccc6cc[nH]c(=O)c56)c(Cl)cc34)OC[C@H]2C1. The van der Waals surface area contributed by atoms with Gasteiger partial charge in [-0.15, -0.1) is 0 Å². The van der Waals surface area contributed by atoms with Gasteiger partial charge in [-0.25, -0.2) is 4.39 Å². The molecule has 1 saturated heterocycles. The van der Waals surface area contributed by atoms with Crippen molar-refractivity contribution in [1.29, 1.82) is 0 Å². The Morgan fingerprint density at radius 3 is 2.97 bits per heavy atom. The van der Waals surface area contributed by atoms with Crippen LogP contribution in [0.4, 0.5) is 10.1 Å². The number of H-pyrrole nitrogens is 1. The van der Waals surface area contributed by atoms with Crippen LogP contribution in [0, 0.1) is 5.82 Å². The molecule has 1 atom stereocenters. The van der Waals surface area contributed by atoms with E-state index in [2.05, 4.69) is 21.4 Å². The maximum atomic E-state index is 15.1. The first-order chi connectivity index (χ1) is 17.0. The maximum Gasteiger partial charge on any atom is 0.256 e. The summed E-state index contributed by atoms with van der Waals surface area (Å²) in [4.78, 5) is 35.9. The third kappa shape index (κ3) is 3.36. The number of ether oxygens (including phenoxy) is 1. The monoisotopic (exact) mass is 490 g/mol. The number of carbonyl (C=O) groups excluding carboxylic acids is 1. The molecule has 0 saturated carbocycles. The Kier molecular flexibility index (Phi) is 5.00. The molecule has 0 radical (unpaired) electrons. The van der Waals surface area contributed by atoms with Gasteiger partial charge in [0.05, 0.1) is 28.8 Å². The topological polar surface area (TPSA) is 78.5 Å². The zero-order chi connectivity index (χ0) is 24.3. The highest BCUT2D eigenvalue weighted by molar-refractivity contribution is 6.35. The van der Waals surface area contributed by atoms with Gasteiger partial charge in [-0.3, -0.25) is 14.6 Å². The van der Waals surface area contributed by atoms with E-state index in [0.717, 1.165) is 11.1 Å². The van der Waals surface area contributed by atoms with Crippen LogP contribution >= 0.6 is 11.6 Å². The van der Waals surface area contributed by atoms with E-state index in [1.165, 1.54) is 18.3 Å². The van der Waals surface area contributed by atoms with Crippen molar-refractivity contribution in [2.24, 2.45) is 0 Å². The lowest BCUT2D eigenvalue weighted by Crippen LogP contribution is -2.58. The molecule has 9 heteroatoms. The number of anilines is 1. The van der Waals surface area contributed by atoms with Gasteiger partial charge in [-0.2, -0.15) is 0 Å². The van der Waals surface area contributed by atoms with E-state index < -0.39 is 11.4 Å². The number of amides is 1. The van der Waals surface area contributed by atoms with Crippen molar-refractivity contribution >= 4 is 44.9 Å². The zero-order valence-corrected chi connectivity index (χ0v) is 19.3. The van der Waals surface area contributed by atoms with Gasteiger partial charge < -0.3 is 19.5 Å². The summed E-state index contributed by atoms with van der Waals surface area (Å²) in [6, 6.07) is 8.06. The lowest BCUT2D eigenvalue weighted by Gasteiger charge is -2.45. The number of hydrogen-bond donors (Lipinski definition) is 1. The molecule has 2 aromatic carbocycles. The van der Waals surface area contributed by atoms with E-state index in [0.29, 0.717) is 53.5 Å². The van der Waals surface area contributed by atoms with Crippen LogP contribution < -0.4 is 15.2 Å². The van der Waals surface area contributed by atoms with Crippen molar-refractivity contribution in [1.82, 2.24) is 14.9 Å². The lowest BCUT2D eigenvalue weighted by atomic mass is 9.96. The van der Waals surface area contributed by atoms with E-state index >= 15 is 4.39 Å². The normalized spacial score (nSPS) is 17.1. The fourth-order valence-corrected chi connectivity index (χ4v) is 5.36. The minimum absolute atomic E-state index is 0.0294. The first kappa shape index (κ1) is 21.6. The molecule has 2 aromatic heterocycles. The summed E-state index contributed by atoms with van der Waals surface area (Å²) < 4.78 is 21.1. The smallest absolute Gasteiger partial charge is 0.256 e. The molecule has 4 aromatic rings. The highest BCUT2D eigenvalue weighted by Gasteiger charge is 2.35. The molecule has 0 unspecified atom stereocenters. The number of fused-ring (bicyclic) bond motifs is 6. The van der Waals surface area contributed by atoms with Crippen molar-refractivity contribution in [3.05, 3.63) is 76.6 Å². The van der Waals surface area contributed by atoms with Crippen LogP contribution in [0.15, 0.2) is 60.2 Å². The van der Waals surface area contributed by atoms with Crippen molar-refractivity contribution < 1.29 is 13.9 Å². The summed E-state index contributed by atoms with van der Waals surface area (Å²) in [5, 5.41) is 1.91. The number of aromatic amines is 1. The molecule has 0 bridgehead atoms. The van der Waals surface area contributed by atoms with E-state index in [-0.39, 0.29) is 22.9 Å². The summed E-state index contributed by atoms with van der Waals surface area (Å²) >= 11 is 6.73. The lowest BCUT2D eigenvalue weighted by molar-refractivity contribution is -0.127. The second-order valence-electron chi connectivity index (χ2n) is 8.66. The Morgan fingerprint density at radius 2 is 2.14 bits per heavy atom. The number of carbonyl (C=O) groups is 1. The molecule has 0 aliphatic carbocycles. The Bertz CT molecular complexity index is 1600. The zero-order valence-electron chi connectivity index (χ0n) is 18.6. The summed E-state index contributed by atoms with van der Waals surface area (Å²) in [5.41, 5.74) is 1.58. The number of hydrogen-bond acceptors (Lipinski definition) is 5. The Hall–Kier alpha value is -3.91. The quantitative estimate of drug-likeness (QED) is 0.427. The largest absolute Gasteiger partial charge is 0.488 e. The Balaban J connectivity index is 1.51. The van der Waals surface area contributed by atoms with Crippen LogP contribution in [0.3, 0.4) is 0 Å². The van der Waals surface area contributed by atoms with Crippen LogP contribution in [-0.2, 0) is 4.79 Å². The van der Waals surface area contributed by atoms with Crippen LogP contribution in [0.5, 0.6) is 5.75 Å². The summed E-state index contributed by atoms with van der Waals surface area (Å²) in [6.07, 6.45) is 4.51. The molecule has 1 fully saturated rings. The fourth-order valence-electron chi connectivity index (χ4n) is 5.10. The van der Waals surface area contributed by atoms with Gasteiger partial charge >= 0.3 is 0 Å². The van der Waals surface area contributed by atoms with Crippen LogP contribution in [-0.4, -0.2) is 53.1 Å². The number of pyridine rings is 2. The number of aromatic nitrogens is 2. The van der Waals surface area contributed by atoms with Gasteiger partial charge in [-0.05, 0) is 35.7 Å². The summed E-state index contributed by atoms with van der Waals surface area (Å²) in [6.45, 7) is 5.70. The Labute approximate surface area is 204 Å². The van der Waals surface area contributed by atoms with Crippen LogP contribution in [0.2, 0.25) is 5.02 Å². The molecule has 2 aliphatic heterocycles. The predicted molar refractivity (Wildman–Crippen MR) is 134 cm³/mol. The molecular weight excluding hydrogens is 471 g/mol. The number of benzene rings is 2. The van der Waals surface area contributed by atoms with Crippen LogP contribution in [0.25, 0.3) is 32.8 Å². The maximum absolute atomic E-state index is 15.1. The van der Waals surface area contributed by atoms with Crippen molar-refractivity contribution in [3.8, 4) is 16.9 Å².